The Morgan fingerprint density at radius 2 is 2.07 bits per heavy atom. The van der Waals surface area contributed by atoms with Gasteiger partial charge >= 0.3 is 5.97 Å². The minimum absolute atomic E-state index is 0.0534. The molecule has 1 atom stereocenters. The van der Waals surface area contributed by atoms with Crippen LogP contribution in [0.15, 0.2) is 30.6 Å². The number of carboxylic acid groups (broad SMARTS) is 1. The number of nitrogens with zero attached hydrogens (tertiary/aromatic N) is 2. The Bertz CT molecular complexity index is 948. The highest BCUT2D eigenvalue weighted by molar-refractivity contribution is 7.99. The molecule has 0 saturated carbocycles. The number of alkyl halides is 1. The van der Waals surface area contributed by atoms with E-state index in [2.05, 4.69) is 27.9 Å². The van der Waals surface area contributed by atoms with Crippen LogP contribution in [0.1, 0.15) is 24.5 Å². The summed E-state index contributed by atoms with van der Waals surface area (Å²) in [6, 6.07) is 9.29. The standard InChI is InChI=1S/C17H14ClN3.C3H6O2S/c1-13(18)10-17-16(20-12-21-17)5-3-2-4-14-6-8-15(11-19)9-7-14;1-6-2-3(4)5/h5-10,12-13H,3H2,1H3,(H,20,21);2H2,1H3,(H,4,5)/b16-5+,17-10+;. The van der Waals surface area contributed by atoms with E-state index in [0.29, 0.717) is 12.0 Å². The molecule has 0 spiro atoms. The van der Waals surface area contributed by atoms with Crippen LogP contribution >= 0.6 is 23.4 Å². The van der Waals surface area contributed by atoms with Crippen molar-refractivity contribution in [1.82, 2.24) is 9.97 Å². The van der Waals surface area contributed by atoms with Crippen LogP contribution < -0.4 is 10.7 Å². The van der Waals surface area contributed by atoms with E-state index in [-0.39, 0.29) is 11.1 Å². The first-order chi connectivity index (χ1) is 13.0. The van der Waals surface area contributed by atoms with Gasteiger partial charge in [-0.25, -0.2) is 4.98 Å². The minimum Gasteiger partial charge on any atom is -0.481 e. The molecule has 0 aliphatic carbocycles. The molecule has 2 aromatic rings. The number of aliphatic carboxylic acids is 1. The largest absolute Gasteiger partial charge is 0.481 e. The fourth-order valence-electron chi connectivity index (χ4n) is 1.89. The molecule has 0 bridgehead atoms. The molecule has 7 heteroatoms. The third-order valence-corrected chi connectivity index (χ3v) is 3.67. The summed E-state index contributed by atoms with van der Waals surface area (Å²) in [5, 5.41) is 18.3. The van der Waals surface area contributed by atoms with Gasteiger partial charge in [0.1, 0.15) is 0 Å². The topological polar surface area (TPSA) is 89.8 Å². The Balaban J connectivity index is 0.000000527. The number of halogens is 1. The highest BCUT2D eigenvalue weighted by atomic mass is 35.5. The second-order valence-electron chi connectivity index (χ2n) is 5.27. The molecule has 0 aliphatic rings. The van der Waals surface area contributed by atoms with Gasteiger partial charge in [-0.3, -0.25) is 4.79 Å². The van der Waals surface area contributed by atoms with Gasteiger partial charge in [-0.15, -0.1) is 11.6 Å². The fraction of sp³-hybridized carbons (Fsp3) is 0.250. The lowest BCUT2D eigenvalue weighted by Crippen LogP contribution is -2.25. The van der Waals surface area contributed by atoms with E-state index in [1.807, 2.05) is 31.2 Å². The third kappa shape index (κ3) is 9.55. The summed E-state index contributed by atoms with van der Waals surface area (Å²) in [7, 11) is 0. The van der Waals surface area contributed by atoms with E-state index in [0.717, 1.165) is 16.3 Å². The predicted molar refractivity (Wildman–Crippen MR) is 111 cm³/mol. The minimum atomic E-state index is -0.748. The molecule has 0 aliphatic heterocycles. The molecule has 1 heterocycles. The molecular weight excluding hydrogens is 382 g/mol. The summed E-state index contributed by atoms with van der Waals surface area (Å²) in [4.78, 5) is 16.9. The lowest BCUT2D eigenvalue weighted by molar-refractivity contribution is -0.133. The Morgan fingerprint density at radius 3 is 2.59 bits per heavy atom. The van der Waals surface area contributed by atoms with Gasteiger partial charge in [0.15, 0.2) is 0 Å². The Labute approximate surface area is 167 Å². The van der Waals surface area contributed by atoms with E-state index in [4.69, 9.17) is 22.0 Å². The second-order valence-corrected chi connectivity index (χ2v) is 6.83. The van der Waals surface area contributed by atoms with Gasteiger partial charge in [-0.05, 0) is 49.6 Å². The zero-order valence-electron chi connectivity index (χ0n) is 15.1. The smallest absolute Gasteiger partial charge is 0.313 e. The van der Waals surface area contributed by atoms with Gasteiger partial charge in [0.25, 0.3) is 0 Å². The van der Waals surface area contributed by atoms with E-state index in [1.165, 1.54) is 11.8 Å². The zero-order chi connectivity index (χ0) is 20.1. The van der Waals surface area contributed by atoms with Crippen LogP contribution in [0.4, 0.5) is 0 Å². The number of nitriles is 1. The molecule has 0 saturated heterocycles. The number of rotatable bonds is 4. The quantitative estimate of drug-likeness (QED) is 0.606. The number of aromatic amines is 1. The molecule has 0 amide bonds. The molecule has 5 nitrogen and oxygen atoms in total. The van der Waals surface area contributed by atoms with E-state index < -0.39 is 5.97 Å². The number of H-pyrrole nitrogens is 1. The van der Waals surface area contributed by atoms with Crippen LogP contribution in [0.2, 0.25) is 0 Å². The van der Waals surface area contributed by atoms with Gasteiger partial charge in [0.2, 0.25) is 0 Å². The van der Waals surface area contributed by atoms with Crippen molar-refractivity contribution in [1.29, 1.82) is 5.26 Å². The van der Waals surface area contributed by atoms with Crippen LogP contribution in [0, 0.1) is 23.2 Å². The first-order valence-corrected chi connectivity index (χ1v) is 9.84. The molecule has 140 valence electrons. The normalized spacial score (nSPS) is 12.2. The second kappa shape index (κ2) is 12.6. The predicted octanol–water partition coefficient (Wildman–Crippen LogP) is 2.35. The van der Waals surface area contributed by atoms with Crippen molar-refractivity contribution >= 4 is 41.5 Å². The van der Waals surface area contributed by atoms with E-state index in [9.17, 15) is 4.79 Å². The summed E-state index contributed by atoms with van der Waals surface area (Å²) in [5.74, 6) is 5.58. The molecule has 1 aromatic carbocycles. The monoisotopic (exact) mass is 401 g/mol. The Kier molecular flexibility index (Phi) is 10.5. The van der Waals surface area contributed by atoms with Gasteiger partial charge in [0, 0.05) is 12.0 Å². The highest BCUT2D eigenvalue weighted by Gasteiger charge is 1.92. The summed E-state index contributed by atoms with van der Waals surface area (Å²) in [5.41, 5.74) is 1.53. The summed E-state index contributed by atoms with van der Waals surface area (Å²) >= 11 is 7.25. The maximum absolute atomic E-state index is 9.58. The van der Waals surface area contributed by atoms with Crippen molar-refractivity contribution < 1.29 is 9.90 Å². The summed E-state index contributed by atoms with van der Waals surface area (Å²) in [6.45, 7) is 1.90. The zero-order valence-corrected chi connectivity index (χ0v) is 16.6. The number of carboxylic acids is 1. The summed E-state index contributed by atoms with van der Waals surface area (Å²) < 4.78 is 0. The number of aromatic nitrogens is 2. The van der Waals surface area contributed by atoms with Crippen LogP contribution in [0.25, 0.3) is 12.2 Å². The average molecular weight is 402 g/mol. The van der Waals surface area contributed by atoms with Gasteiger partial charge in [0.05, 0.1) is 39.8 Å². The number of benzene rings is 1. The van der Waals surface area contributed by atoms with Crippen molar-refractivity contribution in [2.24, 2.45) is 0 Å². The first kappa shape index (κ1) is 22.4. The van der Waals surface area contributed by atoms with Crippen molar-refractivity contribution in [2.75, 3.05) is 12.0 Å². The van der Waals surface area contributed by atoms with Crippen LogP contribution in [0.3, 0.4) is 0 Å². The number of hydrogen-bond acceptors (Lipinski definition) is 4. The lowest BCUT2D eigenvalue weighted by Gasteiger charge is -1.89. The molecule has 1 aromatic heterocycles. The SMILES string of the molecule is CC(Cl)/C=c1/[nH]cn/c1=C/CC#Cc1ccc(C#N)cc1.CSCC(=O)O. The van der Waals surface area contributed by atoms with Crippen molar-refractivity contribution in [3.8, 4) is 17.9 Å². The van der Waals surface area contributed by atoms with Crippen molar-refractivity contribution in [3.05, 3.63) is 52.4 Å². The van der Waals surface area contributed by atoms with Gasteiger partial charge in [-0.1, -0.05) is 11.8 Å². The molecule has 1 unspecified atom stereocenters. The average Bonchev–Trinajstić information content (AvgIpc) is 3.06. The first-order valence-electron chi connectivity index (χ1n) is 8.01. The highest BCUT2D eigenvalue weighted by Crippen LogP contribution is 2.01. The van der Waals surface area contributed by atoms with Gasteiger partial charge in [-0.2, -0.15) is 17.0 Å². The maximum atomic E-state index is 9.58. The van der Waals surface area contributed by atoms with E-state index in [1.54, 1.807) is 24.7 Å². The number of hydrogen-bond donors (Lipinski definition) is 2. The number of nitrogens with one attached hydrogen (secondary N) is 1. The van der Waals surface area contributed by atoms with Crippen molar-refractivity contribution in [2.45, 2.75) is 18.7 Å². The van der Waals surface area contributed by atoms with E-state index >= 15 is 0 Å². The van der Waals surface area contributed by atoms with Crippen LogP contribution in [0.5, 0.6) is 0 Å². The number of thioether (sulfide) groups is 1. The number of carbonyl (C=O) groups is 1. The number of imidazole rings is 1. The molecular formula is C20H20ClN3O2S. The van der Waals surface area contributed by atoms with Crippen LogP contribution in [-0.4, -0.2) is 38.4 Å². The van der Waals surface area contributed by atoms with Gasteiger partial charge < -0.3 is 10.1 Å². The Hall–Kier alpha value is -2.67. The molecule has 2 N–H and O–H groups in total. The molecule has 0 fully saturated rings. The van der Waals surface area contributed by atoms with Crippen molar-refractivity contribution in [3.63, 3.8) is 0 Å². The molecule has 0 radical (unpaired) electrons. The molecule has 2 rings (SSSR count). The van der Waals surface area contributed by atoms with Crippen LogP contribution in [-0.2, 0) is 4.79 Å². The summed E-state index contributed by atoms with van der Waals surface area (Å²) in [6.07, 6.45) is 7.87. The third-order valence-electron chi connectivity index (χ3n) is 3.01. The maximum Gasteiger partial charge on any atom is 0.313 e. The lowest BCUT2D eigenvalue weighted by atomic mass is 10.1. The fourth-order valence-corrected chi connectivity index (χ4v) is 2.27. The molecule has 27 heavy (non-hydrogen) atoms. The Morgan fingerprint density at radius 1 is 1.41 bits per heavy atom.